The summed E-state index contributed by atoms with van der Waals surface area (Å²) < 4.78 is 6.94. The number of rotatable bonds is 5. The van der Waals surface area contributed by atoms with Gasteiger partial charge < -0.3 is 14.6 Å². The summed E-state index contributed by atoms with van der Waals surface area (Å²) in [7, 11) is 0. The summed E-state index contributed by atoms with van der Waals surface area (Å²) in [6.45, 7) is 5.31. The number of nitrogens with zero attached hydrogens (tertiary/aromatic N) is 2. The molecule has 0 saturated heterocycles. The average Bonchev–Trinajstić information content (AvgIpc) is 2.80. The van der Waals surface area contributed by atoms with Crippen LogP contribution in [0.2, 0.25) is 0 Å². The Morgan fingerprint density at radius 2 is 2.28 bits per heavy atom. The maximum absolute atomic E-state index is 11.3. The number of carbonyl (C=O) groups is 1. The number of fused-ring (bicyclic) bond motifs is 1. The molecule has 0 aliphatic heterocycles. The molecule has 0 spiro atoms. The molecule has 2 aromatic heterocycles. The Bertz CT molecular complexity index is 548. The van der Waals surface area contributed by atoms with Gasteiger partial charge in [0, 0.05) is 30.0 Å². The van der Waals surface area contributed by atoms with Crippen LogP contribution >= 0.6 is 0 Å². The molecule has 0 saturated carbocycles. The summed E-state index contributed by atoms with van der Waals surface area (Å²) >= 11 is 0. The van der Waals surface area contributed by atoms with Crippen LogP contribution in [-0.4, -0.2) is 28.7 Å². The monoisotopic (exact) mass is 247 g/mol. The minimum Gasteiger partial charge on any atom is -0.465 e. The highest BCUT2D eigenvalue weighted by molar-refractivity contribution is 5.91. The van der Waals surface area contributed by atoms with E-state index < -0.39 is 0 Å². The number of aromatic nitrogens is 2. The first-order valence-electron chi connectivity index (χ1n) is 6.09. The van der Waals surface area contributed by atoms with Crippen molar-refractivity contribution in [2.75, 3.05) is 18.5 Å². The number of esters is 1. The van der Waals surface area contributed by atoms with Crippen molar-refractivity contribution in [3.8, 4) is 0 Å². The number of hydrogen-bond acceptors (Lipinski definition) is 4. The molecule has 0 amide bonds. The second-order valence-corrected chi connectivity index (χ2v) is 3.86. The van der Waals surface area contributed by atoms with Gasteiger partial charge in [-0.05, 0) is 26.0 Å². The summed E-state index contributed by atoms with van der Waals surface area (Å²) in [6, 6.07) is 3.86. The van der Waals surface area contributed by atoms with Crippen LogP contribution in [0.25, 0.3) is 11.0 Å². The molecular weight excluding hydrogens is 230 g/mol. The molecule has 2 heterocycles. The molecule has 0 fully saturated rings. The van der Waals surface area contributed by atoms with E-state index in [4.69, 9.17) is 4.74 Å². The van der Waals surface area contributed by atoms with Crippen molar-refractivity contribution in [3.05, 3.63) is 24.5 Å². The fourth-order valence-corrected chi connectivity index (χ4v) is 1.88. The number of ether oxygens (including phenoxy) is 1. The Morgan fingerprint density at radius 1 is 1.44 bits per heavy atom. The van der Waals surface area contributed by atoms with Gasteiger partial charge in [0.15, 0.2) is 0 Å². The predicted octanol–water partition coefficient (Wildman–Crippen LogP) is 2.03. The molecule has 5 heteroatoms. The summed E-state index contributed by atoms with van der Waals surface area (Å²) in [5.74, 6) is -0.252. The highest BCUT2D eigenvalue weighted by Crippen LogP contribution is 2.22. The molecule has 2 rings (SSSR count). The lowest BCUT2D eigenvalue weighted by molar-refractivity contribution is -0.140. The van der Waals surface area contributed by atoms with E-state index in [1.165, 1.54) is 0 Å². The molecule has 1 N–H and O–H groups in total. The summed E-state index contributed by atoms with van der Waals surface area (Å²) in [4.78, 5) is 15.7. The van der Waals surface area contributed by atoms with Crippen LogP contribution in [0.3, 0.4) is 0 Å². The van der Waals surface area contributed by atoms with E-state index in [9.17, 15) is 4.79 Å². The van der Waals surface area contributed by atoms with Crippen LogP contribution in [0, 0.1) is 0 Å². The molecule has 0 aliphatic carbocycles. The molecule has 0 aliphatic rings. The van der Waals surface area contributed by atoms with Crippen molar-refractivity contribution in [3.63, 3.8) is 0 Å². The van der Waals surface area contributed by atoms with E-state index in [2.05, 4.69) is 21.8 Å². The zero-order valence-electron chi connectivity index (χ0n) is 10.6. The van der Waals surface area contributed by atoms with Crippen molar-refractivity contribution >= 4 is 22.7 Å². The van der Waals surface area contributed by atoms with Crippen LogP contribution < -0.4 is 5.32 Å². The minimum atomic E-state index is -0.252. The summed E-state index contributed by atoms with van der Waals surface area (Å²) in [5, 5.41) is 4.10. The second-order valence-electron chi connectivity index (χ2n) is 3.86. The van der Waals surface area contributed by atoms with Crippen LogP contribution in [-0.2, 0) is 16.1 Å². The van der Waals surface area contributed by atoms with E-state index in [1.54, 1.807) is 13.1 Å². The zero-order chi connectivity index (χ0) is 13.0. The maximum Gasteiger partial charge on any atom is 0.325 e. The van der Waals surface area contributed by atoms with Crippen molar-refractivity contribution < 1.29 is 9.53 Å². The highest BCUT2D eigenvalue weighted by Gasteiger charge is 2.07. The smallest absolute Gasteiger partial charge is 0.325 e. The lowest BCUT2D eigenvalue weighted by atomic mass is 10.3. The standard InChI is InChI=1S/C13H17N3O2/c1-3-16-8-6-10-11(5-7-14-13(10)16)15-9-12(17)18-4-2/h5-8H,3-4,9H2,1-2H3,(H,14,15). The van der Waals surface area contributed by atoms with Crippen LogP contribution in [0.15, 0.2) is 24.5 Å². The van der Waals surface area contributed by atoms with Gasteiger partial charge in [-0.2, -0.15) is 0 Å². The lowest BCUT2D eigenvalue weighted by Gasteiger charge is -2.07. The van der Waals surface area contributed by atoms with Gasteiger partial charge in [-0.1, -0.05) is 0 Å². The van der Waals surface area contributed by atoms with E-state index in [0.717, 1.165) is 23.3 Å². The van der Waals surface area contributed by atoms with Gasteiger partial charge in [-0.15, -0.1) is 0 Å². The van der Waals surface area contributed by atoms with E-state index >= 15 is 0 Å². The molecule has 96 valence electrons. The molecule has 5 nitrogen and oxygen atoms in total. The number of nitrogens with one attached hydrogen (secondary N) is 1. The number of carbonyl (C=O) groups excluding carboxylic acids is 1. The topological polar surface area (TPSA) is 56.1 Å². The number of pyridine rings is 1. The molecule has 18 heavy (non-hydrogen) atoms. The van der Waals surface area contributed by atoms with Crippen LogP contribution in [0.1, 0.15) is 13.8 Å². The number of anilines is 1. The first-order valence-corrected chi connectivity index (χ1v) is 6.09. The largest absolute Gasteiger partial charge is 0.465 e. The van der Waals surface area contributed by atoms with Crippen molar-refractivity contribution in [1.29, 1.82) is 0 Å². The number of aryl methyl sites for hydroxylation is 1. The predicted molar refractivity (Wildman–Crippen MR) is 70.5 cm³/mol. The van der Waals surface area contributed by atoms with Gasteiger partial charge >= 0.3 is 5.97 Å². The van der Waals surface area contributed by atoms with Crippen molar-refractivity contribution in [2.45, 2.75) is 20.4 Å². The zero-order valence-corrected chi connectivity index (χ0v) is 10.6. The third kappa shape index (κ3) is 2.45. The van der Waals surface area contributed by atoms with Gasteiger partial charge in [0.2, 0.25) is 0 Å². The maximum atomic E-state index is 11.3. The van der Waals surface area contributed by atoms with Gasteiger partial charge in [-0.25, -0.2) is 4.98 Å². The fourth-order valence-electron chi connectivity index (χ4n) is 1.88. The normalized spacial score (nSPS) is 10.6. The Kier molecular flexibility index (Phi) is 3.82. The lowest BCUT2D eigenvalue weighted by Crippen LogP contribution is -2.16. The second kappa shape index (κ2) is 5.53. The first-order chi connectivity index (χ1) is 8.76. The molecule has 0 unspecified atom stereocenters. The van der Waals surface area contributed by atoms with Gasteiger partial charge in [0.05, 0.1) is 6.61 Å². The SMILES string of the molecule is CCOC(=O)CNc1ccnc2c1ccn2CC. The quantitative estimate of drug-likeness (QED) is 0.821. The Morgan fingerprint density at radius 3 is 3.00 bits per heavy atom. The van der Waals surface area contributed by atoms with Crippen molar-refractivity contribution in [1.82, 2.24) is 9.55 Å². The summed E-state index contributed by atoms with van der Waals surface area (Å²) in [5.41, 5.74) is 1.83. The Labute approximate surface area is 106 Å². The number of hydrogen-bond donors (Lipinski definition) is 1. The molecule has 0 radical (unpaired) electrons. The van der Waals surface area contributed by atoms with Crippen LogP contribution in [0.5, 0.6) is 0 Å². The summed E-state index contributed by atoms with van der Waals surface area (Å²) in [6.07, 6.45) is 3.73. The molecule has 2 aromatic rings. The van der Waals surface area contributed by atoms with E-state index in [1.807, 2.05) is 18.3 Å². The van der Waals surface area contributed by atoms with E-state index in [0.29, 0.717) is 6.61 Å². The molecular formula is C13H17N3O2. The first kappa shape index (κ1) is 12.4. The molecule has 0 atom stereocenters. The van der Waals surface area contributed by atoms with Crippen LogP contribution in [0.4, 0.5) is 5.69 Å². The van der Waals surface area contributed by atoms with Gasteiger partial charge in [-0.3, -0.25) is 4.79 Å². The fraction of sp³-hybridized carbons (Fsp3) is 0.385. The molecule has 0 aromatic carbocycles. The Hall–Kier alpha value is -2.04. The third-order valence-electron chi connectivity index (χ3n) is 2.73. The van der Waals surface area contributed by atoms with Crippen molar-refractivity contribution in [2.24, 2.45) is 0 Å². The third-order valence-corrected chi connectivity index (χ3v) is 2.73. The van der Waals surface area contributed by atoms with Gasteiger partial charge in [0.1, 0.15) is 12.2 Å². The van der Waals surface area contributed by atoms with E-state index in [-0.39, 0.29) is 12.5 Å². The van der Waals surface area contributed by atoms with Gasteiger partial charge in [0.25, 0.3) is 0 Å². The minimum absolute atomic E-state index is 0.171. The highest BCUT2D eigenvalue weighted by atomic mass is 16.5. The molecule has 0 bridgehead atoms. The Balaban J connectivity index is 2.18. The average molecular weight is 247 g/mol.